The molecule has 0 atom stereocenters. The summed E-state index contributed by atoms with van der Waals surface area (Å²) in [6.07, 6.45) is 3.99. The van der Waals surface area contributed by atoms with Crippen molar-refractivity contribution < 1.29 is 27.9 Å². The van der Waals surface area contributed by atoms with Crippen LogP contribution in [0.5, 0.6) is 0 Å². The first-order valence-corrected chi connectivity index (χ1v) is 20.3. The molecule has 308 valence electrons. The summed E-state index contributed by atoms with van der Waals surface area (Å²) >= 11 is 15.8. The molecule has 3 aromatic rings. The van der Waals surface area contributed by atoms with Gasteiger partial charge in [-0.2, -0.15) is 0 Å². The maximum atomic E-state index is 6.29. The lowest BCUT2D eigenvalue weighted by molar-refractivity contribution is 0.00578. The molecule has 3 fully saturated rings. The SMILES string of the molecule is C.C/C(=C/c1ccccc1)B1OC(C)(C)C(C)(C)O1.CC1(C)OB(/C(Cl)=C\c2ccccc2)OC1(C)C.CC1(C)OB(C#Cc2ccccc2)OC1(C)C.ClCCl. The van der Waals surface area contributed by atoms with Crippen LogP contribution in [0.15, 0.2) is 101 Å². The molecule has 3 aliphatic heterocycles. The van der Waals surface area contributed by atoms with E-state index in [1.807, 2.05) is 140 Å². The van der Waals surface area contributed by atoms with Crippen LogP contribution in [-0.4, -0.2) is 60.3 Å². The van der Waals surface area contributed by atoms with Crippen LogP contribution in [0.2, 0.25) is 0 Å². The second-order valence-corrected chi connectivity index (χ2v) is 18.0. The van der Waals surface area contributed by atoms with Crippen LogP contribution in [0.1, 0.15) is 114 Å². The predicted octanol–water partition coefficient (Wildman–Crippen LogP) is 12.3. The van der Waals surface area contributed by atoms with Crippen molar-refractivity contribution in [3.05, 3.63) is 118 Å². The van der Waals surface area contributed by atoms with E-state index in [4.69, 9.17) is 62.7 Å². The van der Waals surface area contributed by atoms with E-state index in [0.717, 1.165) is 16.6 Å². The molecule has 12 heteroatoms. The van der Waals surface area contributed by atoms with E-state index in [0.29, 0.717) is 4.93 Å². The molecule has 3 saturated heterocycles. The van der Waals surface area contributed by atoms with Gasteiger partial charge in [0.1, 0.15) is 0 Å². The molecule has 0 bridgehead atoms. The Hall–Kier alpha value is -2.48. The van der Waals surface area contributed by atoms with Crippen LogP contribution in [0, 0.1) is 11.7 Å². The minimum atomic E-state index is -0.489. The molecular formula is C45H62B3Cl3O6. The van der Waals surface area contributed by atoms with Crippen molar-refractivity contribution in [3.63, 3.8) is 0 Å². The van der Waals surface area contributed by atoms with Crippen molar-refractivity contribution in [2.45, 2.75) is 131 Å². The third-order valence-corrected chi connectivity index (χ3v) is 11.1. The summed E-state index contributed by atoms with van der Waals surface area (Å²) < 4.78 is 35.3. The zero-order valence-corrected chi connectivity index (χ0v) is 37.6. The Balaban J connectivity index is 0.000000283. The molecule has 3 heterocycles. The first-order chi connectivity index (χ1) is 26.0. The van der Waals surface area contributed by atoms with Crippen LogP contribution >= 0.6 is 34.8 Å². The van der Waals surface area contributed by atoms with E-state index >= 15 is 0 Å². The molecule has 0 radical (unpaired) electrons. The van der Waals surface area contributed by atoms with Crippen LogP contribution < -0.4 is 0 Å². The van der Waals surface area contributed by atoms with Gasteiger partial charge in [0.2, 0.25) is 0 Å². The fourth-order valence-corrected chi connectivity index (χ4v) is 5.42. The monoisotopic (exact) mass is 836 g/mol. The van der Waals surface area contributed by atoms with E-state index in [2.05, 4.69) is 64.6 Å². The van der Waals surface area contributed by atoms with Gasteiger partial charge < -0.3 is 27.9 Å². The Morgan fingerprint density at radius 3 is 1.23 bits per heavy atom. The summed E-state index contributed by atoms with van der Waals surface area (Å²) in [4.78, 5) is 0.569. The molecule has 0 N–H and O–H groups in total. The van der Waals surface area contributed by atoms with Crippen molar-refractivity contribution in [1.82, 2.24) is 0 Å². The first-order valence-electron chi connectivity index (χ1n) is 18.9. The highest BCUT2D eigenvalue weighted by atomic mass is 35.5. The predicted molar refractivity (Wildman–Crippen MR) is 245 cm³/mol. The molecule has 0 saturated carbocycles. The first kappa shape index (κ1) is 50.7. The van der Waals surface area contributed by atoms with E-state index in [1.165, 1.54) is 5.56 Å². The molecule has 0 amide bonds. The van der Waals surface area contributed by atoms with Crippen LogP contribution in [0.25, 0.3) is 12.2 Å². The fraction of sp³-hybridized carbons (Fsp3) is 0.467. The normalized spacial score (nSPS) is 20.6. The molecule has 0 spiro atoms. The molecule has 0 aliphatic carbocycles. The molecular weight excluding hydrogens is 775 g/mol. The lowest BCUT2D eigenvalue weighted by atomic mass is 9.78. The minimum absolute atomic E-state index is 0. The van der Waals surface area contributed by atoms with Crippen molar-refractivity contribution in [2.24, 2.45) is 0 Å². The second kappa shape index (κ2) is 21.2. The Bertz CT molecular complexity index is 1670. The van der Waals surface area contributed by atoms with Gasteiger partial charge >= 0.3 is 21.4 Å². The van der Waals surface area contributed by atoms with E-state index < -0.39 is 14.2 Å². The van der Waals surface area contributed by atoms with Crippen molar-refractivity contribution in [1.29, 1.82) is 0 Å². The second-order valence-electron chi connectivity index (χ2n) is 16.7. The fourth-order valence-electron chi connectivity index (χ4n) is 5.21. The molecule has 3 aliphatic rings. The van der Waals surface area contributed by atoms with Crippen LogP contribution in [0.3, 0.4) is 0 Å². The van der Waals surface area contributed by atoms with Crippen molar-refractivity contribution in [3.8, 4) is 11.7 Å². The maximum absolute atomic E-state index is 6.29. The summed E-state index contributed by atoms with van der Waals surface area (Å²) in [5, 5.41) is 0.194. The zero-order chi connectivity index (χ0) is 42.0. The van der Waals surface area contributed by atoms with Gasteiger partial charge in [-0.15, -0.1) is 23.2 Å². The van der Waals surface area contributed by atoms with E-state index in [1.54, 1.807) is 0 Å². The molecule has 6 nitrogen and oxygen atoms in total. The van der Waals surface area contributed by atoms with Crippen molar-refractivity contribution in [2.75, 3.05) is 5.34 Å². The third-order valence-electron chi connectivity index (χ3n) is 10.8. The summed E-state index contributed by atoms with van der Waals surface area (Å²) in [6.45, 7) is 26.5. The summed E-state index contributed by atoms with van der Waals surface area (Å²) in [5.41, 5.74) is 2.38. The third kappa shape index (κ3) is 14.3. The highest BCUT2D eigenvalue weighted by Crippen LogP contribution is 2.40. The molecule has 57 heavy (non-hydrogen) atoms. The smallest absolute Gasteiger partial charge is 0.400 e. The topological polar surface area (TPSA) is 55.4 Å². The number of hydrogen-bond acceptors (Lipinski definition) is 6. The van der Waals surface area contributed by atoms with Gasteiger partial charge in [0.15, 0.2) is 0 Å². The van der Waals surface area contributed by atoms with Gasteiger partial charge in [-0.3, -0.25) is 0 Å². The number of halogens is 3. The summed E-state index contributed by atoms with van der Waals surface area (Å²) in [6, 6.07) is 30.0. The number of hydrogen-bond donors (Lipinski definition) is 0. The van der Waals surface area contributed by atoms with Gasteiger partial charge in [0, 0.05) is 10.5 Å². The minimum Gasteiger partial charge on any atom is -0.400 e. The van der Waals surface area contributed by atoms with Gasteiger partial charge in [-0.25, -0.2) is 0 Å². The largest absolute Gasteiger partial charge is 0.551 e. The van der Waals surface area contributed by atoms with Gasteiger partial charge in [-0.05, 0) is 125 Å². The average Bonchev–Trinajstić information content (AvgIpc) is 3.58. The Labute approximate surface area is 360 Å². The Morgan fingerprint density at radius 1 is 0.526 bits per heavy atom. The lowest BCUT2D eigenvalue weighted by Crippen LogP contribution is -2.41. The Morgan fingerprint density at radius 2 is 0.842 bits per heavy atom. The summed E-state index contributed by atoms with van der Waals surface area (Å²) in [7, 11) is -1.19. The zero-order valence-electron chi connectivity index (χ0n) is 35.3. The number of alkyl halides is 2. The maximum Gasteiger partial charge on any atom is 0.551 e. The van der Waals surface area contributed by atoms with Crippen LogP contribution in [0.4, 0.5) is 0 Å². The lowest BCUT2D eigenvalue weighted by Gasteiger charge is -2.32. The quantitative estimate of drug-likeness (QED) is 0.148. The van der Waals surface area contributed by atoms with Crippen LogP contribution in [-0.2, 0) is 27.9 Å². The van der Waals surface area contributed by atoms with Gasteiger partial charge in [-0.1, -0.05) is 116 Å². The highest BCUT2D eigenvalue weighted by molar-refractivity contribution is 6.71. The van der Waals surface area contributed by atoms with E-state index in [9.17, 15) is 0 Å². The number of allylic oxidation sites excluding steroid dienone is 1. The number of benzene rings is 3. The summed E-state index contributed by atoms with van der Waals surface area (Å²) in [5.74, 6) is 6.08. The molecule has 6 rings (SSSR count). The Kier molecular flexibility index (Phi) is 18.8. The van der Waals surface area contributed by atoms with Gasteiger partial charge in [0.25, 0.3) is 0 Å². The van der Waals surface area contributed by atoms with E-state index in [-0.39, 0.29) is 53.5 Å². The highest BCUT2D eigenvalue weighted by Gasteiger charge is 2.53. The molecule has 0 aromatic heterocycles. The molecule has 0 unspecified atom stereocenters. The number of rotatable bonds is 4. The average molecular weight is 838 g/mol. The standard InChI is InChI=1S/C15H21BO2.C14H18BClO2.C14H17BO2.CH2Cl2.CH4/c1-12(11-13-9-7-6-8-10-13)16-17-14(2,3)15(4,5)18-16;1-13(2)14(3,4)18-15(17-13)12(16)10-11-8-6-5-7-9-11;1-13(2)14(3,4)17-15(16-13)11-10-12-8-6-5-7-9-12;2-1-3;/h6-11H,1-5H3;5-10H,1-4H3;5-9H,1-4H3;1H2;1H4/b12-11-;12-10+;;;. The van der Waals surface area contributed by atoms with Crippen molar-refractivity contribution >= 4 is 68.3 Å². The van der Waals surface area contributed by atoms with Gasteiger partial charge in [0.05, 0.1) is 38.9 Å². The molecule has 3 aromatic carbocycles.